The average molecular weight is 432 g/mol. The SMILES string of the molecule is CN(C)C(=O)CN1C[C@@H](CCN2CCN(c3ccc4[nH]ccc4c3)CC2)c2ccccc21. The highest BCUT2D eigenvalue weighted by Crippen LogP contribution is 2.38. The van der Waals surface area contributed by atoms with Crippen LogP contribution < -0.4 is 9.80 Å². The number of benzene rings is 2. The Kier molecular flexibility index (Phi) is 5.79. The third kappa shape index (κ3) is 4.19. The summed E-state index contributed by atoms with van der Waals surface area (Å²) >= 11 is 0. The molecule has 0 unspecified atom stereocenters. The molecule has 168 valence electrons. The zero-order chi connectivity index (χ0) is 22.1. The van der Waals surface area contributed by atoms with E-state index in [1.807, 2.05) is 20.3 Å². The van der Waals surface area contributed by atoms with E-state index >= 15 is 0 Å². The largest absolute Gasteiger partial charge is 0.369 e. The maximum Gasteiger partial charge on any atom is 0.241 e. The summed E-state index contributed by atoms with van der Waals surface area (Å²) in [5.41, 5.74) is 5.16. The molecule has 0 spiro atoms. The van der Waals surface area contributed by atoms with E-state index in [1.54, 1.807) is 4.90 Å². The van der Waals surface area contributed by atoms with Gasteiger partial charge in [0.25, 0.3) is 0 Å². The Morgan fingerprint density at radius 2 is 1.88 bits per heavy atom. The highest BCUT2D eigenvalue weighted by atomic mass is 16.2. The van der Waals surface area contributed by atoms with Gasteiger partial charge >= 0.3 is 0 Å². The van der Waals surface area contributed by atoms with Gasteiger partial charge in [-0.2, -0.15) is 0 Å². The third-order valence-electron chi connectivity index (χ3n) is 7.05. The number of nitrogens with zero attached hydrogens (tertiary/aromatic N) is 4. The topological polar surface area (TPSA) is 45.8 Å². The van der Waals surface area contributed by atoms with Gasteiger partial charge in [0.05, 0.1) is 6.54 Å². The van der Waals surface area contributed by atoms with Crippen LogP contribution in [0.2, 0.25) is 0 Å². The second-order valence-electron chi connectivity index (χ2n) is 9.29. The van der Waals surface area contributed by atoms with E-state index in [-0.39, 0.29) is 5.91 Å². The molecular weight excluding hydrogens is 398 g/mol. The monoisotopic (exact) mass is 431 g/mol. The smallest absolute Gasteiger partial charge is 0.241 e. The van der Waals surface area contributed by atoms with Crippen LogP contribution in [0.4, 0.5) is 11.4 Å². The fraction of sp³-hybridized carbons (Fsp3) is 0.423. The van der Waals surface area contributed by atoms with Crippen molar-refractivity contribution >= 4 is 28.2 Å². The first kappa shape index (κ1) is 20.9. The number of anilines is 2. The van der Waals surface area contributed by atoms with Crippen molar-refractivity contribution in [1.29, 1.82) is 0 Å². The molecule has 0 radical (unpaired) electrons. The lowest BCUT2D eigenvalue weighted by atomic mass is 9.97. The number of piperazine rings is 1. The van der Waals surface area contributed by atoms with Gasteiger partial charge in [-0.1, -0.05) is 18.2 Å². The van der Waals surface area contributed by atoms with Crippen molar-refractivity contribution in [1.82, 2.24) is 14.8 Å². The zero-order valence-electron chi connectivity index (χ0n) is 19.1. The van der Waals surface area contributed by atoms with E-state index in [2.05, 4.69) is 68.2 Å². The molecule has 6 nitrogen and oxygen atoms in total. The number of hydrogen-bond acceptors (Lipinski definition) is 4. The fourth-order valence-corrected chi connectivity index (χ4v) is 5.09. The Labute approximate surface area is 190 Å². The average Bonchev–Trinajstić information content (AvgIpc) is 3.42. The highest BCUT2D eigenvalue weighted by Gasteiger charge is 2.30. The van der Waals surface area contributed by atoms with E-state index in [1.165, 1.54) is 27.8 Å². The summed E-state index contributed by atoms with van der Waals surface area (Å²) in [4.78, 5) is 24.6. The Morgan fingerprint density at radius 3 is 2.69 bits per heavy atom. The van der Waals surface area contributed by atoms with Crippen LogP contribution in [-0.4, -0.2) is 80.6 Å². The molecule has 2 aliphatic rings. The normalized spacial score (nSPS) is 18.9. The number of nitrogens with one attached hydrogen (secondary N) is 1. The second-order valence-corrected chi connectivity index (χ2v) is 9.29. The number of rotatable bonds is 6. The number of fused-ring (bicyclic) bond motifs is 2. The third-order valence-corrected chi connectivity index (χ3v) is 7.05. The van der Waals surface area contributed by atoms with Gasteiger partial charge in [0.2, 0.25) is 5.91 Å². The summed E-state index contributed by atoms with van der Waals surface area (Å²) in [5, 5.41) is 1.28. The predicted molar refractivity (Wildman–Crippen MR) is 132 cm³/mol. The van der Waals surface area contributed by atoms with Gasteiger partial charge < -0.3 is 19.7 Å². The van der Waals surface area contributed by atoms with Gasteiger partial charge in [-0.3, -0.25) is 9.69 Å². The van der Waals surface area contributed by atoms with E-state index < -0.39 is 0 Å². The highest BCUT2D eigenvalue weighted by molar-refractivity contribution is 5.83. The lowest BCUT2D eigenvalue weighted by Gasteiger charge is -2.36. The quantitative estimate of drug-likeness (QED) is 0.650. The molecule has 1 aromatic heterocycles. The minimum atomic E-state index is 0.161. The second kappa shape index (κ2) is 8.87. The summed E-state index contributed by atoms with van der Waals surface area (Å²) in [6, 6.07) is 17.5. The van der Waals surface area contributed by atoms with Gasteiger partial charge in [0, 0.05) is 81.2 Å². The molecule has 0 saturated carbocycles. The van der Waals surface area contributed by atoms with Crippen LogP contribution in [0, 0.1) is 0 Å². The maximum atomic E-state index is 12.3. The molecule has 1 amide bonds. The number of aromatic nitrogens is 1. The molecule has 0 bridgehead atoms. The Bertz CT molecular complexity index is 1080. The van der Waals surface area contributed by atoms with Crippen LogP contribution >= 0.6 is 0 Å². The number of likely N-dealkylation sites (N-methyl/N-ethyl adjacent to an activating group) is 1. The van der Waals surface area contributed by atoms with E-state index in [0.717, 1.165) is 45.7 Å². The summed E-state index contributed by atoms with van der Waals surface area (Å²) in [5.74, 6) is 0.657. The molecule has 1 atom stereocenters. The van der Waals surface area contributed by atoms with Crippen molar-refractivity contribution in [2.75, 3.05) is 69.7 Å². The molecule has 1 N–H and O–H groups in total. The maximum absolute atomic E-state index is 12.3. The number of carbonyl (C=O) groups is 1. The van der Waals surface area contributed by atoms with Crippen molar-refractivity contribution < 1.29 is 4.79 Å². The number of hydrogen-bond donors (Lipinski definition) is 1. The first-order chi connectivity index (χ1) is 15.6. The molecule has 0 aliphatic carbocycles. The number of aromatic amines is 1. The van der Waals surface area contributed by atoms with Gasteiger partial charge in [0.15, 0.2) is 0 Å². The minimum absolute atomic E-state index is 0.161. The van der Waals surface area contributed by atoms with E-state index in [0.29, 0.717) is 12.5 Å². The van der Waals surface area contributed by atoms with Crippen molar-refractivity contribution in [3.8, 4) is 0 Å². The number of para-hydroxylation sites is 1. The van der Waals surface area contributed by atoms with Crippen molar-refractivity contribution in [2.24, 2.45) is 0 Å². The summed E-state index contributed by atoms with van der Waals surface area (Å²) in [6.07, 6.45) is 3.14. The van der Waals surface area contributed by atoms with Crippen LogP contribution in [0.3, 0.4) is 0 Å². The molecule has 2 aliphatic heterocycles. The fourth-order valence-electron chi connectivity index (χ4n) is 5.09. The molecule has 1 saturated heterocycles. The van der Waals surface area contributed by atoms with Crippen molar-refractivity contribution in [3.63, 3.8) is 0 Å². The van der Waals surface area contributed by atoms with Gasteiger partial charge in [-0.15, -0.1) is 0 Å². The Morgan fingerprint density at radius 1 is 1.06 bits per heavy atom. The molecular formula is C26H33N5O. The summed E-state index contributed by atoms with van der Waals surface area (Å²) in [6.45, 7) is 6.85. The molecule has 5 rings (SSSR count). The van der Waals surface area contributed by atoms with Crippen LogP contribution in [-0.2, 0) is 4.79 Å². The first-order valence-corrected chi connectivity index (χ1v) is 11.7. The van der Waals surface area contributed by atoms with Crippen LogP contribution in [0.1, 0.15) is 17.9 Å². The first-order valence-electron chi connectivity index (χ1n) is 11.7. The zero-order valence-corrected chi connectivity index (χ0v) is 19.1. The number of carbonyl (C=O) groups excluding carboxylic acids is 1. The van der Waals surface area contributed by atoms with Crippen LogP contribution in [0.25, 0.3) is 10.9 Å². The molecule has 2 aromatic carbocycles. The van der Waals surface area contributed by atoms with Crippen LogP contribution in [0.5, 0.6) is 0 Å². The molecule has 3 aromatic rings. The molecule has 3 heterocycles. The summed E-state index contributed by atoms with van der Waals surface area (Å²) in [7, 11) is 3.66. The number of amides is 1. The van der Waals surface area contributed by atoms with Crippen LogP contribution in [0.15, 0.2) is 54.7 Å². The lowest BCUT2D eigenvalue weighted by Crippen LogP contribution is -2.46. The molecule has 6 heteroatoms. The minimum Gasteiger partial charge on any atom is -0.369 e. The Hall–Kier alpha value is -2.99. The summed E-state index contributed by atoms with van der Waals surface area (Å²) < 4.78 is 0. The van der Waals surface area contributed by atoms with Crippen molar-refractivity contribution in [2.45, 2.75) is 12.3 Å². The van der Waals surface area contributed by atoms with Crippen molar-refractivity contribution in [3.05, 3.63) is 60.3 Å². The predicted octanol–water partition coefficient (Wildman–Crippen LogP) is 3.37. The standard InChI is InChI=1S/C26H33N5O/c1-28(2)26(32)19-31-18-21(23-5-3-4-6-25(23)31)10-12-29-13-15-30(16-14-29)22-7-8-24-20(17-22)9-11-27-24/h3-9,11,17,21,27H,10,12-16,18-19H2,1-2H3/t21-/m1/s1. The molecule has 1 fully saturated rings. The van der Waals surface area contributed by atoms with Gasteiger partial charge in [-0.25, -0.2) is 0 Å². The van der Waals surface area contributed by atoms with E-state index in [4.69, 9.17) is 0 Å². The Balaban J connectivity index is 1.16. The number of H-pyrrole nitrogens is 1. The van der Waals surface area contributed by atoms with Gasteiger partial charge in [0.1, 0.15) is 0 Å². The molecule has 32 heavy (non-hydrogen) atoms. The lowest BCUT2D eigenvalue weighted by molar-refractivity contribution is -0.127. The van der Waals surface area contributed by atoms with Gasteiger partial charge in [-0.05, 0) is 48.9 Å². The van der Waals surface area contributed by atoms with E-state index in [9.17, 15) is 4.79 Å².